The molecule has 0 aliphatic carbocycles. The van der Waals surface area contributed by atoms with Crippen LogP contribution >= 0.6 is 11.9 Å². The summed E-state index contributed by atoms with van der Waals surface area (Å²) in [4.78, 5) is 22.9. The number of hydrogen-bond donors (Lipinski definition) is 1. The van der Waals surface area contributed by atoms with Crippen molar-refractivity contribution in [2.24, 2.45) is 0 Å². The van der Waals surface area contributed by atoms with Gasteiger partial charge in [-0.15, -0.1) is 0 Å². The normalized spacial score (nSPS) is 14.7. The standard InChI is InChI=1S/C26H33NO5S/c1-2-20-7-5-8-21(17-20)11-12-22-9-3-4-10-24(22)31-19-23(18-27-15-6-16-33-27)32-26(30)14-13-25(28)29/h3-5,7-10,17,23H,2,6,11-16,18-19H2,1H3,(H,28,29). The Morgan fingerprint density at radius 1 is 1.09 bits per heavy atom. The van der Waals surface area contributed by atoms with E-state index in [1.54, 1.807) is 11.9 Å². The van der Waals surface area contributed by atoms with Crippen LogP contribution in [0.1, 0.15) is 42.9 Å². The number of carboxylic acid groups (broad SMARTS) is 1. The van der Waals surface area contributed by atoms with Crippen molar-refractivity contribution in [3.8, 4) is 5.75 Å². The first-order chi connectivity index (χ1) is 16.0. The van der Waals surface area contributed by atoms with E-state index >= 15 is 0 Å². The molecule has 2 aromatic carbocycles. The molecule has 1 aliphatic rings. The maximum Gasteiger partial charge on any atom is 0.306 e. The van der Waals surface area contributed by atoms with E-state index < -0.39 is 18.0 Å². The van der Waals surface area contributed by atoms with Crippen LogP contribution in [0.4, 0.5) is 0 Å². The first kappa shape index (κ1) is 25.1. The third-order valence-corrected chi connectivity index (χ3v) is 6.72. The Morgan fingerprint density at radius 2 is 1.91 bits per heavy atom. The van der Waals surface area contributed by atoms with Crippen LogP contribution in [0, 0.1) is 0 Å². The van der Waals surface area contributed by atoms with E-state index in [0.29, 0.717) is 6.54 Å². The minimum absolute atomic E-state index is 0.133. The molecular formula is C26H33NO5S. The highest BCUT2D eigenvalue weighted by Crippen LogP contribution is 2.23. The number of para-hydroxylation sites is 1. The van der Waals surface area contributed by atoms with Crippen molar-refractivity contribution in [1.29, 1.82) is 0 Å². The highest BCUT2D eigenvalue weighted by molar-refractivity contribution is 7.97. The average molecular weight is 472 g/mol. The summed E-state index contributed by atoms with van der Waals surface area (Å²) in [5.74, 6) is 0.347. The molecule has 0 spiro atoms. The van der Waals surface area contributed by atoms with Gasteiger partial charge >= 0.3 is 11.9 Å². The number of rotatable bonds is 13. The molecule has 0 radical (unpaired) electrons. The van der Waals surface area contributed by atoms with Gasteiger partial charge in [0.05, 0.1) is 12.8 Å². The lowest BCUT2D eigenvalue weighted by Crippen LogP contribution is -2.35. The number of esters is 1. The Hall–Kier alpha value is -2.51. The second-order valence-electron chi connectivity index (χ2n) is 8.17. The predicted octanol–water partition coefficient (Wildman–Crippen LogP) is 4.54. The Kier molecular flexibility index (Phi) is 10.1. The zero-order chi connectivity index (χ0) is 23.5. The number of carboxylic acids is 1. The molecule has 1 unspecified atom stereocenters. The topological polar surface area (TPSA) is 76.1 Å². The van der Waals surface area contributed by atoms with Crippen LogP contribution in [0.25, 0.3) is 0 Å². The van der Waals surface area contributed by atoms with Gasteiger partial charge in [-0.3, -0.25) is 9.59 Å². The highest BCUT2D eigenvalue weighted by atomic mass is 32.2. The molecule has 178 valence electrons. The van der Waals surface area contributed by atoms with E-state index in [9.17, 15) is 9.59 Å². The van der Waals surface area contributed by atoms with Gasteiger partial charge in [-0.1, -0.05) is 61.3 Å². The van der Waals surface area contributed by atoms with Gasteiger partial charge in [0.15, 0.2) is 0 Å². The lowest BCUT2D eigenvalue weighted by atomic mass is 10.0. The van der Waals surface area contributed by atoms with E-state index in [2.05, 4.69) is 41.6 Å². The Balaban J connectivity index is 1.60. The fraction of sp³-hybridized carbons (Fsp3) is 0.462. The first-order valence-corrected chi connectivity index (χ1v) is 12.6. The molecule has 1 saturated heterocycles. The molecule has 33 heavy (non-hydrogen) atoms. The molecule has 0 aromatic heterocycles. The van der Waals surface area contributed by atoms with Crippen LogP contribution in [0.15, 0.2) is 48.5 Å². The maximum atomic E-state index is 12.2. The Bertz CT molecular complexity index is 913. The van der Waals surface area contributed by atoms with Gasteiger partial charge in [0.25, 0.3) is 0 Å². The summed E-state index contributed by atoms with van der Waals surface area (Å²) in [6.45, 7) is 3.91. The summed E-state index contributed by atoms with van der Waals surface area (Å²) in [5.41, 5.74) is 3.76. The molecule has 1 N–H and O–H groups in total. The molecule has 1 atom stereocenters. The lowest BCUT2D eigenvalue weighted by Gasteiger charge is -2.23. The first-order valence-electron chi connectivity index (χ1n) is 11.6. The molecule has 1 fully saturated rings. The number of hydrogen-bond acceptors (Lipinski definition) is 6. The number of benzene rings is 2. The number of aryl methyl sites for hydroxylation is 3. The molecule has 1 heterocycles. The predicted molar refractivity (Wildman–Crippen MR) is 131 cm³/mol. The summed E-state index contributed by atoms with van der Waals surface area (Å²) in [6, 6.07) is 16.6. The fourth-order valence-electron chi connectivity index (χ4n) is 3.77. The molecule has 2 aromatic rings. The Labute approximate surface area is 200 Å². The van der Waals surface area contributed by atoms with Gasteiger partial charge in [0.2, 0.25) is 0 Å². The largest absolute Gasteiger partial charge is 0.489 e. The number of carbonyl (C=O) groups is 2. The van der Waals surface area contributed by atoms with Crippen LogP contribution < -0.4 is 4.74 Å². The summed E-state index contributed by atoms with van der Waals surface area (Å²) in [6.07, 6.45) is 3.09. The van der Waals surface area contributed by atoms with Crippen molar-refractivity contribution in [3.05, 3.63) is 65.2 Å². The van der Waals surface area contributed by atoms with E-state index in [4.69, 9.17) is 14.6 Å². The van der Waals surface area contributed by atoms with Crippen LogP contribution in [-0.2, 0) is 33.6 Å². The lowest BCUT2D eigenvalue weighted by molar-refractivity contribution is -0.153. The zero-order valence-corrected chi connectivity index (χ0v) is 20.0. The third kappa shape index (κ3) is 8.74. The van der Waals surface area contributed by atoms with E-state index in [1.807, 2.05) is 18.2 Å². The number of ether oxygens (including phenoxy) is 2. The summed E-state index contributed by atoms with van der Waals surface area (Å²) >= 11 is 1.74. The summed E-state index contributed by atoms with van der Waals surface area (Å²) < 4.78 is 13.9. The van der Waals surface area contributed by atoms with Crippen molar-refractivity contribution in [2.75, 3.05) is 25.4 Å². The maximum absolute atomic E-state index is 12.2. The van der Waals surface area contributed by atoms with E-state index in [-0.39, 0.29) is 19.4 Å². The minimum atomic E-state index is -1.01. The van der Waals surface area contributed by atoms with Gasteiger partial charge in [-0.05, 0) is 48.4 Å². The van der Waals surface area contributed by atoms with Crippen molar-refractivity contribution in [1.82, 2.24) is 4.31 Å². The fourth-order valence-corrected chi connectivity index (χ4v) is 4.81. The molecule has 6 nitrogen and oxygen atoms in total. The van der Waals surface area contributed by atoms with Crippen molar-refractivity contribution in [2.45, 2.75) is 51.6 Å². The molecule has 7 heteroatoms. The second-order valence-corrected chi connectivity index (χ2v) is 9.36. The van der Waals surface area contributed by atoms with Gasteiger partial charge in [0.1, 0.15) is 18.5 Å². The summed E-state index contributed by atoms with van der Waals surface area (Å²) in [7, 11) is 0. The third-order valence-electron chi connectivity index (χ3n) is 5.55. The van der Waals surface area contributed by atoms with Crippen molar-refractivity contribution in [3.63, 3.8) is 0 Å². The Morgan fingerprint density at radius 3 is 2.67 bits per heavy atom. The molecule has 1 aliphatic heterocycles. The van der Waals surface area contributed by atoms with Crippen LogP contribution in [-0.4, -0.2) is 52.9 Å². The molecule has 0 saturated carbocycles. The zero-order valence-electron chi connectivity index (χ0n) is 19.2. The summed E-state index contributed by atoms with van der Waals surface area (Å²) in [5, 5.41) is 8.83. The average Bonchev–Trinajstić information content (AvgIpc) is 3.33. The van der Waals surface area contributed by atoms with E-state index in [0.717, 1.165) is 49.3 Å². The van der Waals surface area contributed by atoms with Crippen LogP contribution in [0.3, 0.4) is 0 Å². The van der Waals surface area contributed by atoms with Crippen LogP contribution in [0.5, 0.6) is 5.75 Å². The van der Waals surface area contributed by atoms with Crippen molar-refractivity contribution < 1.29 is 24.2 Å². The van der Waals surface area contributed by atoms with Gasteiger partial charge in [-0.2, -0.15) is 0 Å². The molecular weight excluding hydrogens is 438 g/mol. The smallest absolute Gasteiger partial charge is 0.306 e. The SMILES string of the molecule is CCc1cccc(CCc2ccccc2OCC(CN2CCCS2)OC(=O)CCC(=O)O)c1. The monoisotopic (exact) mass is 471 g/mol. The van der Waals surface area contributed by atoms with Crippen molar-refractivity contribution >= 4 is 23.9 Å². The van der Waals surface area contributed by atoms with Gasteiger partial charge in [0, 0.05) is 18.8 Å². The van der Waals surface area contributed by atoms with E-state index in [1.165, 1.54) is 11.1 Å². The van der Waals surface area contributed by atoms with Crippen LogP contribution in [0.2, 0.25) is 0 Å². The molecule has 0 amide bonds. The molecule has 3 rings (SSSR count). The quantitative estimate of drug-likeness (QED) is 0.339. The number of nitrogens with zero attached hydrogens (tertiary/aromatic N) is 1. The van der Waals surface area contributed by atoms with Gasteiger partial charge < -0.3 is 14.6 Å². The molecule has 0 bridgehead atoms. The number of carbonyl (C=O) groups excluding carboxylic acids is 1. The number of aliphatic carboxylic acids is 1. The second kappa shape index (κ2) is 13.3. The van der Waals surface area contributed by atoms with Gasteiger partial charge in [-0.25, -0.2) is 4.31 Å². The highest BCUT2D eigenvalue weighted by Gasteiger charge is 2.23. The minimum Gasteiger partial charge on any atom is -0.489 e.